The first-order chi connectivity index (χ1) is 17.9. The molecule has 1 aromatic rings. The van der Waals surface area contributed by atoms with Gasteiger partial charge < -0.3 is 30.4 Å². The summed E-state index contributed by atoms with van der Waals surface area (Å²) in [4.78, 5) is 57.0. The molecule has 0 radical (unpaired) electrons. The predicted molar refractivity (Wildman–Crippen MR) is 131 cm³/mol. The quantitative estimate of drug-likeness (QED) is 0.206. The van der Waals surface area contributed by atoms with Crippen LogP contribution in [0.25, 0.3) is 0 Å². The number of methoxy groups -OCH3 is 1. The molecule has 0 aromatic heterocycles. The van der Waals surface area contributed by atoms with Crippen LogP contribution in [0.15, 0.2) is 36.4 Å². The Hall–Kier alpha value is -3.94. The van der Waals surface area contributed by atoms with E-state index in [1.165, 1.54) is 19.2 Å². The van der Waals surface area contributed by atoms with Gasteiger partial charge in [-0.1, -0.05) is 32.6 Å². The fourth-order valence-corrected chi connectivity index (χ4v) is 2.51. The number of hydrogen-bond acceptors (Lipinski definition) is 9. The number of rotatable bonds is 11. The highest BCUT2D eigenvalue weighted by Gasteiger charge is 2.38. The molecular weight excluding hydrogens is 529 g/mol. The van der Waals surface area contributed by atoms with Gasteiger partial charge in [-0.15, -0.1) is 0 Å². The van der Waals surface area contributed by atoms with E-state index in [9.17, 15) is 32.3 Å². The van der Waals surface area contributed by atoms with Crippen LogP contribution >= 0.6 is 0 Å². The van der Waals surface area contributed by atoms with Crippen molar-refractivity contribution in [2.24, 2.45) is 11.7 Å². The number of alkyl halides is 3. The Labute approximate surface area is 223 Å². The highest BCUT2D eigenvalue weighted by molar-refractivity contribution is 5.94. The monoisotopic (exact) mass is 562 g/mol. The molecule has 11 nitrogen and oxygen atoms in total. The molecule has 14 heteroatoms. The molecule has 2 atom stereocenters. The van der Waals surface area contributed by atoms with E-state index in [1.807, 2.05) is 13.8 Å². The summed E-state index contributed by atoms with van der Waals surface area (Å²) in [6, 6.07) is 4.68. The number of aliphatic carboxylic acids is 1. The number of benzene rings is 1. The van der Waals surface area contributed by atoms with Crippen molar-refractivity contribution in [3.8, 4) is 5.75 Å². The van der Waals surface area contributed by atoms with E-state index in [2.05, 4.69) is 16.6 Å². The Kier molecular flexibility index (Phi) is 14.5. The van der Waals surface area contributed by atoms with Crippen LogP contribution in [0, 0.1) is 5.92 Å². The van der Waals surface area contributed by atoms with Gasteiger partial charge in [-0.2, -0.15) is 13.2 Å². The Bertz CT molecular complexity index is 1020. The minimum absolute atomic E-state index is 0.0402. The molecular formula is C25H33F3N2O9. The summed E-state index contributed by atoms with van der Waals surface area (Å²) < 4.78 is 46.7. The standard InChI is InChI=1S/C23H32N2O7.C2HF3O2/c1-13(2)20(24)21(27)25-18(23(29)31-14(3)4)12-16-7-9-17(10-8-16)32-22(28)15(5)11-19(26)30-6;3-2(4,5)1(6)7/h7-10,13-14,18,20H,5,11-12,24H2,1-4,6H3,(H,25,27);(H,6,7)/t18-,20-;/m0./s1. The van der Waals surface area contributed by atoms with E-state index >= 15 is 0 Å². The summed E-state index contributed by atoms with van der Waals surface area (Å²) in [5, 5.41) is 9.78. The number of carboxylic acid groups (broad SMARTS) is 1. The highest BCUT2D eigenvalue weighted by atomic mass is 19.4. The number of carbonyl (C=O) groups excluding carboxylic acids is 4. The zero-order valence-electron chi connectivity index (χ0n) is 22.2. The van der Waals surface area contributed by atoms with Gasteiger partial charge in [0.2, 0.25) is 5.91 Å². The Balaban J connectivity index is 0.00000181. The average Bonchev–Trinajstić information content (AvgIpc) is 2.83. The number of nitrogens with one attached hydrogen (secondary N) is 1. The number of hydrogen-bond donors (Lipinski definition) is 3. The van der Waals surface area contributed by atoms with E-state index in [4.69, 9.17) is 25.1 Å². The van der Waals surface area contributed by atoms with Crippen LogP contribution in [-0.4, -0.2) is 66.4 Å². The second-order valence-electron chi connectivity index (χ2n) is 8.71. The van der Waals surface area contributed by atoms with Crippen molar-refractivity contribution in [2.45, 2.75) is 64.9 Å². The minimum Gasteiger partial charge on any atom is -0.475 e. The third-order valence-electron chi connectivity index (χ3n) is 4.66. The zero-order valence-corrected chi connectivity index (χ0v) is 22.2. The first-order valence-corrected chi connectivity index (χ1v) is 11.5. The fourth-order valence-electron chi connectivity index (χ4n) is 2.51. The largest absolute Gasteiger partial charge is 0.490 e. The molecule has 0 bridgehead atoms. The number of nitrogens with two attached hydrogens (primary N) is 1. The lowest BCUT2D eigenvalue weighted by molar-refractivity contribution is -0.192. The molecule has 0 unspecified atom stereocenters. The first-order valence-electron chi connectivity index (χ1n) is 11.5. The van der Waals surface area contributed by atoms with Gasteiger partial charge in [-0.3, -0.25) is 9.59 Å². The van der Waals surface area contributed by atoms with Crippen molar-refractivity contribution in [3.63, 3.8) is 0 Å². The smallest absolute Gasteiger partial charge is 0.475 e. The number of ether oxygens (including phenoxy) is 3. The number of halogens is 3. The summed E-state index contributed by atoms with van der Waals surface area (Å²) in [5.74, 6) is -4.99. The van der Waals surface area contributed by atoms with Crippen molar-refractivity contribution in [1.29, 1.82) is 0 Å². The zero-order chi connectivity index (χ0) is 30.5. The van der Waals surface area contributed by atoms with Crippen LogP contribution in [0.1, 0.15) is 39.7 Å². The van der Waals surface area contributed by atoms with Crippen LogP contribution in [0.4, 0.5) is 13.2 Å². The van der Waals surface area contributed by atoms with E-state index in [0.29, 0.717) is 5.56 Å². The molecule has 0 saturated heterocycles. The number of amides is 1. The lowest BCUT2D eigenvalue weighted by atomic mass is 10.0. The van der Waals surface area contributed by atoms with Gasteiger partial charge in [0, 0.05) is 12.0 Å². The van der Waals surface area contributed by atoms with E-state index < -0.39 is 48.0 Å². The van der Waals surface area contributed by atoms with Crippen LogP contribution in [0.2, 0.25) is 0 Å². The molecule has 0 aliphatic rings. The summed E-state index contributed by atoms with van der Waals surface area (Å²) in [6.45, 7) is 10.6. The number of carboxylic acids is 1. The third-order valence-corrected chi connectivity index (χ3v) is 4.66. The summed E-state index contributed by atoms with van der Waals surface area (Å²) in [5.41, 5.74) is 6.54. The van der Waals surface area contributed by atoms with Crippen LogP contribution in [-0.2, 0) is 39.9 Å². The van der Waals surface area contributed by atoms with Gasteiger partial charge in [0.15, 0.2) is 0 Å². The van der Waals surface area contributed by atoms with Crippen LogP contribution in [0.3, 0.4) is 0 Å². The van der Waals surface area contributed by atoms with Gasteiger partial charge in [0.1, 0.15) is 11.8 Å². The maximum absolute atomic E-state index is 12.5. The van der Waals surface area contributed by atoms with Crippen molar-refractivity contribution in [1.82, 2.24) is 5.32 Å². The summed E-state index contributed by atoms with van der Waals surface area (Å²) in [6.07, 6.45) is -5.54. The Morgan fingerprint density at radius 1 is 1.05 bits per heavy atom. The molecule has 0 saturated carbocycles. The summed E-state index contributed by atoms with van der Waals surface area (Å²) in [7, 11) is 1.21. The molecule has 39 heavy (non-hydrogen) atoms. The van der Waals surface area contributed by atoms with E-state index in [1.54, 1.807) is 26.0 Å². The van der Waals surface area contributed by atoms with Gasteiger partial charge in [0.05, 0.1) is 25.7 Å². The van der Waals surface area contributed by atoms with Crippen LogP contribution in [0.5, 0.6) is 5.75 Å². The Morgan fingerprint density at radius 3 is 1.97 bits per heavy atom. The topological polar surface area (TPSA) is 171 Å². The summed E-state index contributed by atoms with van der Waals surface area (Å²) >= 11 is 0. The van der Waals surface area contributed by atoms with E-state index in [-0.39, 0.29) is 36.2 Å². The lowest BCUT2D eigenvalue weighted by Crippen LogP contribution is -2.51. The van der Waals surface area contributed by atoms with E-state index in [0.717, 1.165) is 0 Å². The SMILES string of the molecule is C=C(CC(=O)OC)C(=O)Oc1ccc(C[C@H](NC(=O)[C@@H](N)C(C)C)C(=O)OC(C)C)cc1.O=C(O)C(F)(F)F. The molecule has 218 valence electrons. The third kappa shape index (κ3) is 14.0. The minimum atomic E-state index is -5.08. The first kappa shape index (κ1) is 35.1. The second kappa shape index (κ2) is 16.1. The molecule has 4 N–H and O–H groups in total. The molecule has 1 aromatic carbocycles. The van der Waals surface area contributed by atoms with Gasteiger partial charge in [-0.25, -0.2) is 14.4 Å². The molecule has 1 amide bonds. The van der Waals surface area contributed by atoms with Gasteiger partial charge in [0.25, 0.3) is 0 Å². The lowest BCUT2D eigenvalue weighted by Gasteiger charge is -2.22. The highest BCUT2D eigenvalue weighted by Crippen LogP contribution is 2.17. The number of carbonyl (C=O) groups is 5. The molecule has 0 aliphatic heterocycles. The predicted octanol–water partition coefficient (Wildman–Crippen LogP) is 2.31. The molecule has 0 spiro atoms. The maximum atomic E-state index is 12.5. The van der Waals surface area contributed by atoms with Crippen LogP contribution < -0.4 is 15.8 Å². The molecule has 0 fully saturated rings. The second-order valence-corrected chi connectivity index (χ2v) is 8.71. The van der Waals surface area contributed by atoms with Gasteiger partial charge >= 0.3 is 30.1 Å². The molecule has 0 heterocycles. The average molecular weight is 563 g/mol. The van der Waals surface area contributed by atoms with Crippen molar-refractivity contribution >= 4 is 29.8 Å². The molecule has 1 rings (SSSR count). The van der Waals surface area contributed by atoms with Crippen molar-refractivity contribution in [3.05, 3.63) is 42.0 Å². The normalized spacial score (nSPS) is 12.4. The van der Waals surface area contributed by atoms with Crippen molar-refractivity contribution < 1.29 is 56.5 Å². The van der Waals surface area contributed by atoms with Crippen molar-refractivity contribution in [2.75, 3.05) is 7.11 Å². The molecule has 0 aliphatic carbocycles. The van der Waals surface area contributed by atoms with Gasteiger partial charge in [-0.05, 0) is 37.5 Å². The fraction of sp³-hybridized carbons (Fsp3) is 0.480. The number of esters is 3. The Morgan fingerprint density at radius 2 is 1.56 bits per heavy atom. The maximum Gasteiger partial charge on any atom is 0.490 e.